The predicted molar refractivity (Wildman–Crippen MR) is 76.9 cm³/mol. The van der Waals surface area contributed by atoms with Gasteiger partial charge in [-0.15, -0.1) is 0 Å². The molecule has 0 saturated carbocycles. The van der Waals surface area contributed by atoms with Crippen LogP contribution in [0.15, 0.2) is 24.3 Å². The van der Waals surface area contributed by atoms with Gasteiger partial charge in [0, 0.05) is 39.3 Å². The normalized spacial score (nSPS) is 17.8. The quantitative estimate of drug-likeness (QED) is 0.780. The molecule has 0 spiro atoms. The van der Waals surface area contributed by atoms with Crippen molar-refractivity contribution in [1.29, 1.82) is 0 Å². The van der Waals surface area contributed by atoms with E-state index in [1.54, 1.807) is 6.07 Å². The molecule has 1 fully saturated rings. The van der Waals surface area contributed by atoms with E-state index in [0.717, 1.165) is 57.8 Å². The van der Waals surface area contributed by atoms with Crippen LogP contribution in [0.2, 0.25) is 0 Å². The van der Waals surface area contributed by atoms with Gasteiger partial charge in [-0.05, 0) is 31.6 Å². The zero-order valence-electron chi connectivity index (χ0n) is 11.7. The second-order valence-electron chi connectivity index (χ2n) is 5.24. The maximum Gasteiger partial charge on any atom is 0.126 e. The zero-order chi connectivity index (χ0) is 13.5. The number of benzene rings is 1. The van der Waals surface area contributed by atoms with E-state index < -0.39 is 0 Å². The summed E-state index contributed by atoms with van der Waals surface area (Å²) in [6, 6.07) is 7.01. The van der Waals surface area contributed by atoms with E-state index in [9.17, 15) is 4.39 Å². The average molecular weight is 265 g/mol. The number of nitrogens with one attached hydrogen (secondary N) is 1. The predicted octanol–water partition coefficient (Wildman–Crippen LogP) is 1.21. The van der Waals surface area contributed by atoms with Crippen LogP contribution >= 0.6 is 0 Å². The van der Waals surface area contributed by atoms with E-state index in [4.69, 9.17) is 0 Å². The van der Waals surface area contributed by atoms with Gasteiger partial charge in [0.15, 0.2) is 0 Å². The molecule has 1 aliphatic rings. The molecule has 1 N–H and O–H groups in total. The lowest BCUT2D eigenvalue weighted by Gasteiger charge is -2.32. The Morgan fingerprint density at radius 2 is 1.84 bits per heavy atom. The van der Waals surface area contributed by atoms with Crippen molar-refractivity contribution in [1.82, 2.24) is 15.1 Å². The lowest BCUT2D eigenvalue weighted by molar-refractivity contribution is 0.155. The molecular weight excluding hydrogens is 241 g/mol. The van der Waals surface area contributed by atoms with Gasteiger partial charge < -0.3 is 10.2 Å². The minimum Gasteiger partial charge on any atom is -0.315 e. The Morgan fingerprint density at radius 1 is 1.11 bits per heavy atom. The summed E-state index contributed by atoms with van der Waals surface area (Å²) in [5.41, 5.74) is 0.801. The number of hydrogen-bond donors (Lipinski definition) is 1. The van der Waals surface area contributed by atoms with Gasteiger partial charge in [0.2, 0.25) is 0 Å². The standard InChI is InChI=1S/C15H24FN3/c1-18-10-12-19(13-11-18)9-8-17-7-6-14-4-2-3-5-15(14)16/h2-5,17H,6-13H2,1H3. The van der Waals surface area contributed by atoms with Crippen molar-refractivity contribution in [2.75, 3.05) is 52.9 Å². The molecule has 1 aromatic carbocycles. The van der Waals surface area contributed by atoms with E-state index in [1.807, 2.05) is 12.1 Å². The Kier molecular flexibility index (Phi) is 5.76. The molecule has 0 aromatic heterocycles. The fourth-order valence-electron chi connectivity index (χ4n) is 2.36. The van der Waals surface area contributed by atoms with E-state index in [-0.39, 0.29) is 5.82 Å². The van der Waals surface area contributed by atoms with Crippen molar-refractivity contribution in [3.63, 3.8) is 0 Å². The van der Waals surface area contributed by atoms with Crippen LogP contribution in [0.4, 0.5) is 4.39 Å². The van der Waals surface area contributed by atoms with Crippen LogP contribution in [-0.2, 0) is 6.42 Å². The SMILES string of the molecule is CN1CCN(CCNCCc2ccccc2F)CC1. The summed E-state index contributed by atoms with van der Waals surface area (Å²) >= 11 is 0. The first-order valence-corrected chi connectivity index (χ1v) is 7.11. The molecule has 19 heavy (non-hydrogen) atoms. The number of rotatable bonds is 6. The molecule has 3 nitrogen and oxygen atoms in total. The largest absolute Gasteiger partial charge is 0.315 e. The highest BCUT2D eigenvalue weighted by Crippen LogP contribution is 2.06. The van der Waals surface area contributed by atoms with Gasteiger partial charge in [-0.1, -0.05) is 18.2 Å². The highest BCUT2D eigenvalue weighted by Gasteiger charge is 2.12. The number of piperazine rings is 1. The molecule has 4 heteroatoms. The van der Waals surface area contributed by atoms with Crippen LogP contribution in [0.25, 0.3) is 0 Å². The number of halogens is 1. The van der Waals surface area contributed by atoms with Crippen molar-refractivity contribution in [2.45, 2.75) is 6.42 Å². The third kappa shape index (κ3) is 4.90. The number of nitrogens with zero attached hydrogens (tertiary/aromatic N) is 2. The van der Waals surface area contributed by atoms with Crippen molar-refractivity contribution in [2.24, 2.45) is 0 Å². The molecule has 1 saturated heterocycles. The van der Waals surface area contributed by atoms with Crippen molar-refractivity contribution < 1.29 is 4.39 Å². The fraction of sp³-hybridized carbons (Fsp3) is 0.600. The zero-order valence-corrected chi connectivity index (χ0v) is 11.7. The molecule has 1 aromatic rings. The van der Waals surface area contributed by atoms with Crippen LogP contribution in [-0.4, -0.2) is 62.7 Å². The van der Waals surface area contributed by atoms with E-state index >= 15 is 0 Å². The molecule has 0 bridgehead atoms. The van der Waals surface area contributed by atoms with Crippen molar-refractivity contribution in [3.05, 3.63) is 35.6 Å². The Hall–Kier alpha value is -0.970. The van der Waals surface area contributed by atoms with Gasteiger partial charge in [0.1, 0.15) is 5.82 Å². The topological polar surface area (TPSA) is 18.5 Å². The third-order valence-electron chi connectivity index (χ3n) is 3.73. The van der Waals surface area contributed by atoms with Crippen LogP contribution in [0.5, 0.6) is 0 Å². The van der Waals surface area contributed by atoms with Crippen molar-refractivity contribution >= 4 is 0 Å². The molecule has 0 atom stereocenters. The molecule has 0 amide bonds. The highest BCUT2D eigenvalue weighted by molar-refractivity contribution is 5.17. The van der Waals surface area contributed by atoms with Crippen LogP contribution in [0.3, 0.4) is 0 Å². The van der Waals surface area contributed by atoms with Gasteiger partial charge in [0.05, 0.1) is 0 Å². The fourth-order valence-corrected chi connectivity index (χ4v) is 2.36. The summed E-state index contributed by atoms with van der Waals surface area (Å²) < 4.78 is 13.4. The lowest BCUT2D eigenvalue weighted by Crippen LogP contribution is -2.46. The Morgan fingerprint density at radius 3 is 2.58 bits per heavy atom. The van der Waals surface area contributed by atoms with Gasteiger partial charge in [-0.3, -0.25) is 4.90 Å². The van der Waals surface area contributed by atoms with Gasteiger partial charge in [-0.2, -0.15) is 0 Å². The number of hydrogen-bond acceptors (Lipinski definition) is 3. The molecule has 0 aliphatic carbocycles. The molecule has 1 heterocycles. The Bertz CT molecular complexity index is 375. The summed E-state index contributed by atoms with van der Waals surface area (Å²) in [6.45, 7) is 7.55. The molecule has 2 rings (SSSR count). The second kappa shape index (κ2) is 7.58. The Labute approximate surface area is 115 Å². The molecule has 0 radical (unpaired) electrons. The summed E-state index contributed by atoms with van der Waals surface area (Å²) in [4.78, 5) is 4.85. The van der Waals surface area contributed by atoms with Crippen LogP contribution in [0, 0.1) is 5.82 Å². The smallest absolute Gasteiger partial charge is 0.126 e. The third-order valence-corrected chi connectivity index (χ3v) is 3.73. The summed E-state index contributed by atoms with van der Waals surface area (Å²) in [6.07, 6.45) is 0.759. The maximum absolute atomic E-state index is 13.4. The molecule has 1 aliphatic heterocycles. The van der Waals surface area contributed by atoms with E-state index in [1.165, 1.54) is 6.07 Å². The molecule has 0 unspecified atom stereocenters. The second-order valence-corrected chi connectivity index (χ2v) is 5.24. The number of likely N-dealkylation sites (N-methyl/N-ethyl adjacent to an activating group) is 1. The van der Waals surface area contributed by atoms with Crippen LogP contribution in [0.1, 0.15) is 5.56 Å². The van der Waals surface area contributed by atoms with Crippen LogP contribution < -0.4 is 5.32 Å². The first kappa shape index (κ1) is 14.4. The minimum absolute atomic E-state index is 0.0941. The summed E-state index contributed by atoms with van der Waals surface area (Å²) in [5.74, 6) is -0.0941. The minimum atomic E-state index is -0.0941. The monoisotopic (exact) mass is 265 g/mol. The summed E-state index contributed by atoms with van der Waals surface area (Å²) in [7, 11) is 2.17. The van der Waals surface area contributed by atoms with Gasteiger partial charge >= 0.3 is 0 Å². The average Bonchev–Trinajstić information content (AvgIpc) is 2.42. The van der Waals surface area contributed by atoms with E-state index in [0.29, 0.717) is 0 Å². The summed E-state index contributed by atoms with van der Waals surface area (Å²) in [5, 5.41) is 3.40. The Balaban J connectivity index is 1.56. The molecular formula is C15H24FN3. The molecule has 106 valence electrons. The van der Waals surface area contributed by atoms with E-state index in [2.05, 4.69) is 22.2 Å². The first-order chi connectivity index (χ1) is 9.25. The highest BCUT2D eigenvalue weighted by atomic mass is 19.1. The van der Waals surface area contributed by atoms with Crippen molar-refractivity contribution in [3.8, 4) is 0 Å². The van der Waals surface area contributed by atoms with Gasteiger partial charge in [0.25, 0.3) is 0 Å². The first-order valence-electron chi connectivity index (χ1n) is 7.11. The maximum atomic E-state index is 13.4. The van der Waals surface area contributed by atoms with Gasteiger partial charge in [-0.25, -0.2) is 4.39 Å². The lowest BCUT2D eigenvalue weighted by atomic mass is 10.1.